The van der Waals surface area contributed by atoms with Crippen molar-refractivity contribution in [1.29, 1.82) is 5.26 Å². The molecule has 4 rings (SSSR count). The molecule has 0 fully saturated rings. The molecule has 0 amide bonds. The fourth-order valence-electron chi connectivity index (χ4n) is 3.14. The van der Waals surface area contributed by atoms with E-state index in [1.807, 2.05) is 36.4 Å². The summed E-state index contributed by atoms with van der Waals surface area (Å²) in [5.41, 5.74) is 8.06. The molecule has 1 aliphatic heterocycles. The Morgan fingerprint density at radius 1 is 1.11 bits per heavy atom. The summed E-state index contributed by atoms with van der Waals surface area (Å²) in [5, 5.41) is 10.8. The number of hydrogen-bond donors (Lipinski definition) is 1. The van der Waals surface area contributed by atoms with Gasteiger partial charge in [0.05, 0.1) is 28.2 Å². The normalized spacial score (nSPS) is 15.9. The van der Waals surface area contributed by atoms with E-state index in [1.165, 1.54) is 6.07 Å². The maximum Gasteiger partial charge on any atom is 0.190 e. The van der Waals surface area contributed by atoms with Gasteiger partial charge in [0.2, 0.25) is 0 Å². The second-order valence-corrected chi connectivity index (χ2v) is 7.41. The van der Waals surface area contributed by atoms with Crippen LogP contribution in [0, 0.1) is 11.3 Å². The quantitative estimate of drug-likeness (QED) is 0.671. The molecule has 2 aromatic carbocycles. The van der Waals surface area contributed by atoms with E-state index in [1.54, 1.807) is 18.2 Å². The topological polar surface area (TPSA) is 80.0 Å². The van der Waals surface area contributed by atoms with Gasteiger partial charge in [-0.25, -0.2) is 0 Å². The van der Waals surface area contributed by atoms with E-state index >= 15 is 0 Å². The molecule has 0 unspecified atom stereocenters. The van der Waals surface area contributed by atoms with Crippen molar-refractivity contribution in [3.63, 3.8) is 0 Å². The average molecular weight is 393 g/mol. The lowest BCUT2D eigenvalue weighted by Crippen LogP contribution is -2.22. The summed E-state index contributed by atoms with van der Waals surface area (Å²) in [5.74, 6) is -0.195. The van der Waals surface area contributed by atoms with Gasteiger partial charge in [-0.15, -0.1) is 0 Å². The van der Waals surface area contributed by atoms with Gasteiger partial charge < -0.3 is 10.2 Å². The van der Waals surface area contributed by atoms with Gasteiger partial charge in [0.15, 0.2) is 10.5 Å². The SMILES string of the molecule is N#CC1=C(N)Sc2oc(-c3ccccc3)cc(=O)c2[C@@H]1c1ccccc1Cl. The Hall–Kier alpha value is -2.94. The number of fused-ring (bicyclic) bond motifs is 1. The van der Waals surface area contributed by atoms with Crippen molar-refractivity contribution in [2.75, 3.05) is 0 Å². The van der Waals surface area contributed by atoms with Gasteiger partial charge in [0.25, 0.3) is 0 Å². The molecule has 3 aromatic rings. The first-order valence-corrected chi connectivity index (χ1v) is 9.35. The molecule has 6 heteroatoms. The van der Waals surface area contributed by atoms with Gasteiger partial charge in [-0.05, 0) is 23.4 Å². The summed E-state index contributed by atoms with van der Waals surface area (Å²) >= 11 is 7.46. The van der Waals surface area contributed by atoms with Crippen molar-refractivity contribution in [1.82, 2.24) is 0 Å². The smallest absolute Gasteiger partial charge is 0.190 e. The third kappa shape index (κ3) is 3.03. The lowest BCUT2D eigenvalue weighted by atomic mass is 9.86. The number of rotatable bonds is 2. The predicted molar refractivity (Wildman–Crippen MR) is 106 cm³/mol. The van der Waals surface area contributed by atoms with Crippen LogP contribution in [-0.4, -0.2) is 0 Å². The van der Waals surface area contributed by atoms with Crippen LogP contribution in [0.4, 0.5) is 0 Å². The van der Waals surface area contributed by atoms with E-state index in [-0.39, 0.29) is 5.43 Å². The van der Waals surface area contributed by atoms with Gasteiger partial charge in [-0.1, -0.05) is 60.1 Å². The maximum atomic E-state index is 13.0. The first-order valence-electron chi connectivity index (χ1n) is 8.15. The molecule has 2 N–H and O–H groups in total. The molecule has 27 heavy (non-hydrogen) atoms. The fraction of sp³-hybridized carbons (Fsp3) is 0.0476. The van der Waals surface area contributed by atoms with Gasteiger partial charge >= 0.3 is 0 Å². The number of allylic oxidation sites excluding steroid dienone is 1. The van der Waals surface area contributed by atoms with E-state index in [9.17, 15) is 10.1 Å². The Morgan fingerprint density at radius 3 is 2.52 bits per heavy atom. The van der Waals surface area contributed by atoms with Gasteiger partial charge in [0.1, 0.15) is 5.76 Å². The number of nitrogens with zero attached hydrogens (tertiary/aromatic N) is 1. The van der Waals surface area contributed by atoms with Gasteiger partial charge in [-0.2, -0.15) is 5.26 Å². The van der Waals surface area contributed by atoms with Gasteiger partial charge in [-0.3, -0.25) is 4.79 Å². The van der Waals surface area contributed by atoms with E-state index < -0.39 is 5.92 Å². The molecule has 0 saturated heterocycles. The van der Waals surface area contributed by atoms with Crippen LogP contribution in [0.1, 0.15) is 17.0 Å². The highest BCUT2D eigenvalue weighted by Crippen LogP contribution is 2.46. The summed E-state index contributed by atoms with van der Waals surface area (Å²) in [4.78, 5) is 13.0. The number of halogens is 1. The van der Waals surface area contributed by atoms with Crippen LogP contribution in [0.25, 0.3) is 11.3 Å². The highest BCUT2D eigenvalue weighted by Gasteiger charge is 2.34. The molecule has 1 aliphatic rings. The summed E-state index contributed by atoms with van der Waals surface area (Å²) in [7, 11) is 0. The summed E-state index contributed by atoms with van der Waals surface area (Å²) in [6, 6.07) is 20.1. The van der Waals surface area contributed by atoms with Crippen molar-refractivity contribution in [2.45, 2.75) is 11.0 Å². The van der Waals surface area contributed by atoms with Crippen LogP contribution in [0.5, 0.6) is 0 Å². The van der Waals surface area contributed by atoms with Crippen molar-refractivity contribution < 1.29 is 4.42 Å². The van der Waals surface area contributed by atoms with Gasteiger partial charge in [0, 0.05) is 16.7 Å². The first-order chi connectivity index (χ1) is 13.1. The number of benzene rings is 2. The van der Waals surface area contributed by atoms with Crippen molar-refractivity contribution in [2.24, 2.45) is 5.73 Å². The highest BCUT2D eigenvalue weighted by molar-refractivity contribution is 8.03. The minimum Gasteiger partial charge on any atom is -0.449 e. The zero-order chi connectivity index (χ0) is 19.0. The van der Waals surface area contributed by atoms with Crippen LogP contribution in [0.3, 0.4) is 0 Å². The molecule has 0 bridgehead atoms. The molecule has 0 spiro atoms. The monoisotopic (exact) mass is 392 g/mol. The van der Waals surface area contributed by atoms with E-state index in [0.29, 0.717) is 37.6 Å². The summed E-state index contributed by atoms with van der Waals surface area (Å²) < 4.78 is 6.02. The Kier molecular flexibility index (Phi) is 4.53. The first kappa shape index (κ1) is 17.5. The molecular formula is C21H13ClN2O2S. The number of nitriles is 1. The third-order valence-electron chi connectivity index (χ3n) is 4.39. The van der Waals surface area contributed by atoms with Crippen LogP contribution in [-0.2, 0) is 0 Å². The molecule has 0 radical (unpaired) electrons. The second-order valence-electron chi connectivity index (χ2n) is 5.99. The Morgan fingerprint density at radius 2 is 1.81 bits per heavy atom. The highest BCUT2D eigenvalue weighted by atomic mass is 35.5. The second kappa shape index (κ2) is 6.99. The average Bonchev–Trinajstić information content (AvgIpc) is 2.68. The lowest BCUT2D eigenvalue weighted by Gasteiger charge is -2.25. The van der Waals surface area contributed by atoms with Crippen LogP contribution in [0.15, 0.2) is 85.6 Å². The molecular weight excluding hydrogens is 380 g/mol. The fourth-order valence-corrected chi connectivity index (χ4v) is 4.32. The number of nitrogens with two attached hydrogens (primary N) is 1. The third-order valence-corrected chi connectivity index (χ3v) is 5.66. The molecule has 1 aromatic heterocycles. The minimum absolute atomic E-state index is 0.215. The molecule has 0 aliphatic carbocycles. The zero-order valence-corrected chi connectivity index (χ0v) is 15.6. The van der Waals surface area contributed by atoms with Crippen LogP contribution >= 0.6 is 23.4 Å². The van der Waals surface area contributed by atoms with Crippen molar-refractivity contribution >= 4 is 23.4 Å². The molecule has 4 nitrogen and oxygen atoms in total. The number of hydrogen-bond acceptors (Lipinski definition) is 5. The van der Waals surface area contributed by atoms with E-state index in [4.69, 9.17) is 21.8 Å². The lowest BCUT2D eigenvalue weighted by molar-refractivity contribution is 0.453. The van der Waals surface area contributed by atoms with E-state index in [2.05, 4.69) is 6.07 Å². The molecule has 1 atom stereocenters. The maximum absolute atomic E-state index is 13.0. The summed E-state index contributed by atoms with van der Waals surface area (Å²) in [6.07, 6.45) is 0. The molecule has 0 saturated carbocycles. The van der Waals surface area contributed by atoms with Crippen molar-refractivity contribution in [3.05, 3.63) is 97.6 Å². The largest absolute Gasteiger partial charge is 0.449 e. The number of thioether (sulfide) groups is 1. The predicted octanol–water partition coefficient (Wildman–Crippen LogP) is 4.89. The molecule has 2 heterocycles. The van der Waals surface area contributed by atoms with Crippen LogP contribution in [0.2, 0.25) is 5.02 Å². The standard InChI is InChI=1S/C21H13ClN2O2S/c22-15-9-5-4-8-13(15)18-14(11-23)20(24)27-21-19(18)16(25)10-17(26-21)12-6-2-1-3-7-12/h1-10,18H,24H2/t18-/m1/s1. The van der Waals surface area contributed by atoms with Crippen LogP contribution < -0.4 is 11.2 Å². The van der Waals surface area contributed by atoms with E-state index in [0.717, 1.165) is 17.3 Å². The Labute approximate surface area is 164 Å². The molecule has 132 valence electrons. The van der Waals surface area contributed by atoms with Crippen molar-refractivity contribution in [3.8, 4) is 17.4 Å². The minimum atomic E-state index is -0.652. The summed E-state index contributed by atoms with van der Waals surface area (Å²) in [6.45, 7) is 0. The zero-order valence-electron chi connectivity index (χ0n) is 14.0. The Balaban J connectivity index is 1.97. The Bertz CT molecular complexity index is 1160.